The van der Waals surface area contributed by atoms with E-state index in [0.29, 0.717) is 0 Å². The molecule has 0 saturated carbocycles. The van der Waals surface area contributed by atoms with Crippen LogP contribution < -0.4 is 11.1 Å². The third-order valence-corrected chi connectivity index (χ3v) is 4.98. The number of imidazole rings is 1. The number of H-pyrrole nitrogens is 1. The number of ether oxygens (including phenoxy) is 1. The lowest BCUT2D eigenvalue weighted by Gasteiger charge is -2.30. The number of aliphatic hydroxyl groups excluding tert-OH is 3. The van der Waals surface area contributed by atoms with Crippen LogP contribution in [0.4, 0.5) is 5.82 Å². The van der Waals surface area contributed by atoms with E-state index in [-0.39, 0.29) is 6.41 Å². The third kappa shape index (κ3) is 2.61. The quantitative estimate of drug-likeness (QED) is 0.183. The lowest BCUT2D eigenvalue weighted by Crippen LogP contribution is -2.41. The summed E-state index contributed by atoms with van der Waals surface area (Å²) < 4.78 is 17.0. The molecule has 1 aliphatic rings. The lowest BCUT2D eigenvalue weighted by atomic mass is 10.1. The van der Waals surface area contributed by atoms with Gasteiger partial charge in [0.05, 0.1) is 6.61 Å². The van der Waals surface area contributed by atoms with Gasteiger partial charge in [0.1, 0.15) is 24.0 Å². The summed E-state index contributed by atoms with van der Waals surface area (Å²) in [7, 11) is -5.37. The van der Waals surface area contributed by atoms with Crippen molar-refractivity contribution >= 4 is 25.7 Å². The molecule has 1 unspecified atom stereocenters. The molecule has 14 heteroatoms. The van der Waals surface area contributed by atoms with Gasteiger partial charge in [0, 0.05) is 0 Å². The van der Waals surface area contributed by atoms with Gasteiger partial charge < -0.3 is 45.9 Å². The maximum Gasteiger partial charge on any atom is 0.367 e. The minimum absolute atomic E-state index is 0.133. The van der Waals surface area contributed by atoms with Gasteiger partial charge in [-0.05, 0) is 0 Å². The van der Waals surface area contributed by atoms with Crippen LogP contribution in [-0.4, -0.2) is 72.3 Å². The number of hydrogen-bond acceptors (Lipinski definition) is 8. The molecule has 2 heterocycles. The Hall–Kier alpha value is -1.86. The topological polar surface area (TPSA) is 228 Å². The fraction of sp³-hybridized carbons (Fsp3) is 0.500. The van der Waals surface area contributed by atoms with Crippen molar-refractivity contribution in [1.29, 1.82) is 0 Å². The van der Waals surface area contributed by atoms with Crippen molar-refractivity contribution in [1.82, 2.24) is 9.97 Å². The summed E-state index contributed by atoms with van der Waals surface area (Å²) in [5.74, 6) is -2.33. The van der Waals surface area contributed by atoms with E-state index >= 15 is 0 Å². The number of primary amides is 1. The van der Waals surface area contributed by atoms with E-state index in [4.69, 9.17) is 15.6 Å². The largest absolute Gasteiger partial charge is 0.394 e. The number of nitrogens with two attached hydrogens (primary N) is 1. The third-order valence-electron chi connectivity index (χ3n) is 3.53. The second kappa shape index (κ2) is 6.22. The Bertz CT molecular complexity index is 703. The maximum atomic E-state index is 12.0. The Morgan fingerprint density at radius 3 is 2.54 bits per heavy atom. The first-order valence-corrected chi connectivity index (χ1v) is 8.02. The average Bonchev–Trinajstić information content (AvgIpc) is 3.01. The Kier molecular flexibility index (Phi) is 4.79. The zero-order valence-electron chi connectivity index (χ0n) is 11.9. The highest BCUT2D eigenvalue weighted by atomic mass is 31.2. The van der Waals surface area contributed by atoms with Gasteiger partial charge in [-0.1, -0.05) is 0 Å². The van der Waals surface area contributed by atoms with E-state index in [1.165, 1.54) is 0 Å². The number of hydrogen-bond donors (Lipinski definition) is 8. The Morgan fingerprint density at radius 1 is 1.50 bits per heavy atom. The number of aromatic amines is 1. The fourth-order valence-electron chi connectivity index (χ4n) is 2.41. The number of amides is 2. The Morgan fingerprint density at radius 2 is 2.12 bits per heavy atom. The van der Waals surface area contributed by atoms with Gasteiger partial charge in [-0.3, -0.25) is 14.2 Å². The SMILES string of the molecule is NC(=O)c1[nH]c(C2(P(=O)(O)O)O[C@H](CO)[C@@H](O)[C@H]2O)nc1NC=O. The average molecular weight is 366 g/mol. The fourth-order valence-corrected chi connectivity index (χ4v) is 3.56. The van der Waals surface area contributed by atoms with E-state index in [2.05, 4.69) is 9.97 Å². The first kappa shape index (κ1) is 18.5. The van der Waals surface area contributed by atoms with Crippen LogP contribution in [0.5, 0.6) is 0 Å². The summed E-state index contributed by atoms with van der Waals surface area (Å²) >= 11 is 0. The molecule has 0 bridgehead atoms. The molecule has 1 fully saturated rings. The van der Waals surface area contributed by atoms with Crippen molar-refractivity contribution in [2.45, 2.75) is 23.7 Å². The van der Waals surface area contributed by atoms with E-state index in [1.807, 2.05) is 5.32 Å². The van der Waals surface area contributed by atoms with E-state index in [1.54, 1.807) is 0 Å². The van der Waals surface area contributed by atoms with Gasteiger partial charge in [-0.25, -0.2) is 4.98 Å². The number of rotatable bonds is 6. The van der Waals surface area contributed by atoms with Crippen molar-refractivity contribution in [3.8, 4) is 0 Å². The van der Waals surface area contributed by atoms with Crippen molar-refractivity contribution < 1.29 is 44.0 Å². The summed E-state index contributed by atoms with van der Waals surface area (Å²) in [5.41, 5.74) is 4.56. The number of nitrogens with one attached hydrogen (secondary N) is 2. The summed E-state index contributed by atoms with van der Waals surface area (Å²) in [6.07, 6.45) is -5.45. The minimum Gasteiger partial charge on any atom is -0.394 e. The minimum atomic E-state index is -5.37. The zero-order chi connectivity index (χ0) is 18.3. The maximum absolute atomic E-state index is 12.0. The van der Waals surface area contributed by atoms with E-state index in [9.17, 15) is 34.2 Å². The van der Waals surface area contributed by atoms with Crippen LogP contribution in [0.2, 0.25) is 0 Å². The molecule has 1 aromatic rings. The Labute approximate surface area is 133 Å². The second-order valence-electron chi connectivity index (χ2n) is 4.95. The van der Waals surface area contributed by atoms with Gasteiger partial charge >= 0.3 is 7.60 Å². The number of nitrogens with zero attached hydrogens (tertiary/aromatic N) is 1. The Balaban J connectivity index is 2.67. The first-order valence-electron chi connectivity index (χ1n) is 6.41. The van der Waals surface area contributed by atoms with Crippen LogP contribution in [0.1, 0.15) is 16.3 Å². The van der Waals surface area contributed by atoms with Gasteiger partial charge in [-0.2, -0.15) is 0 Å². The molecule has 2 amide bonds. The number of aliphatic hydroxyl groups is 3. The van der Waals surface area contributed by atoms with Crippen molar-refractivity contribution in [3.63, 3.8) is 0 Å². The number of carbonyl (C=O) groups is 2. The van der Waals surface area contributed by atoms with E-state index in [0.717, 1.165) is 0 Å². The van der Waals surface area contributed by atoms with Crippen molar-refractivity contribution in [3.05, 3.63) is 11.5 Å². The molecule has 4 atom stereocenters. The monoisotopic (exact) mass is 366 g/mol. The van der Waals surface area contributed by atoms with Crippen molar-refractivity contribution in [2.24, 2.45) is 5.73 Å². The summed E-state index contributed by atoms with van der Waals surface area (Å²) in [4.78, 5) is 47.0. The van der Waals surface area contributed by atoms with E-state index < -0.39 is 61.1 Å². The van der Waals surface area contributed by atoms with Crippen LogP contribution in [0.15, 0.2) is 0 Å². The summed E-state index contributed by atoms with van der Waals surface area (Å²) in [6, 6.07) is 0. The molecule has 2 rings (SSSR count). The summed E-state index contributed by atoms with van der Waals surface area (Å²) in [5, 5.41) is 28.2. The molecule has 0 spiro atoms. The molecule has 1 aliphatic heterocycles. The predicted molar refractivity (Wildman–Crippen MR) is 74.5 cm³/mol. The zero-order valence-corrected chi connectivity index (χ0v) is 12.8. The molecule has 0 aromatic carbocycles. The van der Waals surface area contributed by atoms with Gasteiger partial charge in [0.15, 0.2) is 11.6 Å². The molecule has 24 heavy (non-hydrogen) atoms. The van der Waals surface area contributed by atoms with Gasteiger partial charge in [0.2, 0.25) is 6.41 Å². The smallest absolute Gasteiger partial charge is 0.367 e. The standard InChI is InChI=1S/C10H15N4O9P/c11-7(19)4-8(12-2-16)14-9(13-4)10(24(20,21)22)6(18)5(17)3(1-15)23-10/h2-3,5-6,15,17-18H,1H2,(H2,11,19)(H,12,16)(H,13,14)(H2,20,21,22)/t3-,5-,6-,10?/m1/s1. The second-order valence-corrected chi connectivity index (χ2v) is 6.70. The normalized spacial score (nSPS) is 30.3. The van der Waals surface area contributed by atoms with Crippen LogP contribution >= 0.6 is 7.60 Å². The lowest BCUT2D eigenvalue weighted by molar-refractivity contribution is -0.105. The number of carbonyl (C=O) groups excluding carboxylic acids is 2. The highest BCUT2D eigenvalue weighted by Crippen LogP contribution is 2.63. The predicted octanol–water partition coefficient (Wildman–Crippen LogP) is -3.48. The highest BCUT2D eigenvalue weighted by molar-refractivity contribution is 7.53. The van der Waals surface area contributed by atoms with Crippen LogP contribution in [0, 0.1) is 0 Å². The van der Waals surface area contributed by atoms with Crippen LogP contribution in [0.25, 0.3) is 0 Å². The summed E-state index contributed by atoms with van der Waals surface area (Å²) in [6.45, 7) is -0.858. The molecular formula is C10H15N4O9P. The number of anilines is 1. The molecule has 13 nitrogen and oxygen atoms in total. The van der Waals surface area contributed by atoms with Gasteiger partial charge in [0.25, 0.3) is 11.2 Å². The molecule has 1 saturated heterocycles. The molecule has 9 N–H and O–H groups in total. The molecule has 134 valence electrons. The van der Waals surface area contributed by atoms with Crippen LogP contribution in [0.3, 0.4) is 0 Å². The highest BCUT2D eigenvalue weighted by Gasteiger charge is 2.67. The molecule has 0 radical (unpaired) electrons. The molecular weight excluding hydrogens is 351 g/mol. The molecule has 0 aliphatic carbocycles. The number of aromatic nitrogens is 2. The van der Waals surface area contributed by atoms with Gasteiger partial charge in [-0.15, -0.1) is 0 Å². The first-order chi connectivity index (χ1) is 11.1. The molecule has 1 aromatic heterocycles. The van der Waals surface area contributed by atoms with Crippen LogP contribution in [-0.2, 0) is 19.4 Å². The van der Waals surface area contributed by atoms with Crippen molar-refractivity contribution in [2.75, 3.05) is 11.9 Å².